The molecule has 1 aromatic carbocycles. The Morgan fingerprint density at radius 1 is 1.17 bits per heavy atom. The first-order chi connectivity index (χ1) is 16.2. The lowest BCUT2D eigenvalue weighted by molar-refractivity contribution is -0.0501. The minimum absolute atomic E-state index is 0.0180. The number of hydrogen-bond donors (Lipinski definition) is 0. The molecule has 9 nitrogen and oxygen atoms in total. The monoisotopic (exact) mass is 516 g/mol. The number of alkyl halides is 3. The zero-order valence-electron chi connectivity index (χ0n) is 19.6. The number of carbonyl (C=O) groups excluding carboxylic acids is 1. The fraction of sp³-hybridized carbons (Fsp3) is 0.591. The number of nitrogens with zero attached hydrogens (tertiary/aromatic N) is 4. The molecule has 2 aromatic rings. The summed E-state index contributed by atoms with van der Waals surface area (Å²) in [7, 11) is -5.83. The van der Waals surface area contributed by atoms with Crippen molar-refractivity contribution in [3.05, 3.63) is 24.4 Å². The molecule has 1 atom stereocenters. The van der Waals surface area contributed by atoms with E-state index in [1.165, 1.54) is 6.07 Å². The number of halogens is 3. The van der Waals surface area contributed by atoms with E-state index in [9.17, 15) is 26.4 Å². The standard InChI is InChI=1S/C22H27F3N4O5S/c1-21(2,3)33-20(30)29(12-14-4-5-14)16-8-9-28(13-16)15-6-7-17-18(10-15)26-11-19(27-17)34-35(31,32)22(23,24)25/h6-7,10-11,14,16H,4-5,8-9,12-13H2,1-3H3/t16-/m1/s1. The average Bonchev–Trinajstić information content (AvgIpc) is 3.43. The predicted molar refractivity (Wildman–Crippen MR) is 121 cm³/mol. The lowest BCUT2D eigenvalue weighted by Gasteiger charge is -2.32. The van der Waals surface area contributed by atoms with Gasteiger partial charge >= 0.3 is 21.7 Å². The van der Waals surface area contributed by atoms with Crippen LogP contribution in [0.3, 0.4) is 0 Å². The smallest absolute Gasteiger partial charge is 0.444 e. The Balaban J connectivity index is 1.48. The molecule has 1 amide bonds. The van der Waals surface area contributed by atoms with Crippen molar-refractivity contribution in [1.82, 2.24) is 14.9 Å². The van der Waals surface area contributed by atoms with Crippen molar-refractivity contribution < 1.29 is 35.3 Å². The number of anilines is 1. The van der Waals surface area contributed by atoms with Crippen LogP contribution in [0.4, 0.5) is 23.7 Å². The van der Waals surface area contributed by atoms with Crippen LogP contribution in [0.2, 0.25) is 0 Å². The van der Waals surface area contributed by atoms with Crippen molar-refractivity contribution in [3.8, 4) is 5.88 Å². The first kappa shape index (κ1) is 25.3. The van der Waals surface area contributed by atoms with Crippen molar-refractivity contribution >= 4 is 32.9 Å². The van der Waals surface area contributed by atoms with Gasteiger partial charge in [0.1, 0.15) is 5.60 Å². The van der Waals surface area contributed by atoms with Crippen molar-refractivity contribution in [3.63, 3.8) is 0 Å². The molecule has 35 heavy (non-hydrogen) atoms. The van der Waals surface area contributed by atoms with E-state index in [2.05, 4.69) is 19.1 Å². The molecule has 4 rings (SSSR count). The summed E-state index contributed by atoms with van der Waals surface area (Å²) in [4.78, 5) is 24.6. The SMILES string of the molecule is CC(C)(C)OC(=O)N(CC1CC1)[C@@H]1CCN(c2ccc3nc(OS(=O)(=O)C(F)(F)F)cnc3c2)C1. The summed E-state index contributed by atoms with van der Waals surface area (Å²) < 4.78 is 69.8. The van der Waals surface area contributed by atoms with Gasteiger partial charge in [-0.25, -0.2) is 14.8 Å². The molecule has 0 radical (unpaired) electrons. The second-order valence-corrected chi connectivity index (χ2v) is 11.4. The summed E-state index contributed by atoms with van der Waals surface area (Å²) in [5, 5.41) is 0. The molecule has 1 aliphatic heterocycles. The van der Waals surface area contributed by atoms with E-state index in [-0.39, 0.29) is 17.7 Å². The maximum Gasteiger partial charge on any atom is 0.534 e. The maximum absolute atomic E-state index is 12.9. The Morgan fingerprint density at radius 2 is 1.89 bits per heavy atom. The molecule has 0 spiro atoms. The number of rotatable bonds is 6. The fourth-order valence-corrected chi connectivity index (χ4v) is 4.28. The molecule has 1 saturated carbocycles. The molecule has 1 aromatic heterocycles. The third-order valence-corrected chi connectivity index (χ3v) is 6.69. The summed E-state index contributed by atoms with van der Waals surface area (Å²) >= 11 is 0. The van der Waals surface area contributed by atoms with Crippen LogP contribution in [0.15, 0.2) is 24.4 Å². The number of amides is 1. The van der Waals surface area contributed by atoms with E-state index in [4.69, 9.17) is 4.74 Å². The van der Waals surface area contributed by atoms with Crippen molar-refractivity contribution in [2.75, 3.05) is 24.5 Å². The molecular formula is C22H27F3N4O5S. The van der Waals surface area contributed by atoms with Crippen molar-refractivity contribution in [1.29, 1.82) is 0 Å². The number of hydrogen-bond acceptors (Lipinski definition) is 8. The zero-order chi connectivity index (χ0) is 25.6. The normalized spacial score (nSPS) is 19.1. The van der Waals surface area contributed by atoms with Crippen molar-refractivity contribution in [2.45, 2.75) is 57.2 Å². The minimum Gasteiger partial charge on any atom is -0.444 e. The summed E-state index contributed by atoms with van der Waals surface area (Å²) in [5.74, 6) is -0.262. The number of carbonyl (C=O) groups is 1. The molecular weight excluding hydrogens is 489 g/mol. The van der Waals surface area contributed by atoms with Crippen LogP contribution in [0, 0.1) is 5.92 Å². The molecule has 1 saturated heterocycles. The van der Waals surface area contributed by atoms with Gasteiger partial charge in [-0.05, 0) is 64.2 Å². The second-order valence-electron chi connectivity index (χ2n) is 9.83. The highest BCUT2D eigenvalue weighted by atomic mass is 32.2. The largest absolute Gasteiger partial charge is 0.534 e. The first-order valence-corrected chi connectivity index (χ1v) is 12.6. The van der Waals surface area contributed by atoms with Gasteiger partial charge in [-0.1, -0.05) is 0 Å². The van der Waals surface area contributed by atoms with Crippen LogP contribution < -0.4 is 9.08 Å². The van der Waals surface area contributed by atoms with E-state index in [1.807, 2.05) is 25.7 Å². The van der Waals surface area contributed by atoms with Gasteiger partial charge in [0.05, 0.1) is 23.3 Å². The van der Waals surface area contributed by atoms with E-state index in [0.29, 0.717) is 31.1 Å². The number of fused-ring (bicyclic) bond motifs is 1. The molecule has 0 unspecified atom stereocenters. The van der Waals surface area contributed by atoms with E-state index < -0.39 is 27.1 Å². The van der Waals surface area contributed by atoms with Crippen LogP contribution in [0.5, 0.6) is 5.88 Å². The maximum atomic E-state index is 12.9. The number of ether oxygens (including phenoxy) is 1. The Bertz CT molecular complexity index is 1210. The van der Waals surface area contributed by atoms with Crippen LogP contribution >= 0.6 is 0 Å². The Morgan fingerprint density at radius 3 is 2.51 bits per heavy atom. The van der Waals surface area contributed by atoms with Gasteiger partial charge in [0.2, 0.25) is 0 Å². The van der Waals surface area contributed by atoms with Gasteiger partial charge in [-0.15, -0.1) is 0 Å². The zero-order valence-corrected chi connectivity index (χ0v) is 20.4. The highest BCUT2D eigenvalue weighted by Crippen LogP contribution is 2.33. The lowest BCUT2D eigenvalue weighted by atomic mass is 10.2. The molecule has 2 aliphatic rings. The molecule has 1 aliphatic carbocycles. The number of benzene rings is 1. The second kappa shape index (κ2) is 8.99. The quantitative estimate of drug-likeness (QED) is 0.418. The van der Waals surface area contributed by atoms with Crippen LogP contribution in [0.25, 0.3) is 11.0 Å². The molecule has 2 fully saturated rings. The van der Waals surface area contributed by atoms with Crippen molar-refractivity contribution in [2.24, 2.45) is 5.92 Å². The molecule has 0 N–H and O–H groups in total. The summed E-state index contributed by atoms with van der Waals surface area (Å²) in [6.07, 6.45) is 3.49. The highest BCUT2D eigenvalue weighted by Gasteiger charge is 2.49. The predicted octanol–water partition coefficient (Wildman–Crippen LogP) is 4.08. The van der Waals surface area contributed by atoms with E-state index >= 15 is 0 Å². The first-order valence-electron chi connectivity index (χ1n) is 11.2. The van der Waals surface area contributed by atoms with Gasteiger partial charge in [0, 0.05) is 25.3 Å². The molecule has 192 valence electrons. The Labute approximate surface area is 201 Å². The van der Waals surface area contributed by atoms with E-state index in [0.717, 1.165) is 31.1 Å². The topological polar surface area (TPSA) is 102 Å². The summed E-state index contributed by atoms with van der Waals surface area (Å²) in [5.41, 5.74) is -4.79. The van der Waals surface area contributed by atoms with Gasteiger partial charge in [0.25, 0.3) is 5.88 Å². The third kappa shape index (κ3) is 6.06. The summed E-state index contributed by atoms with van der Waals surface area (Å²) in [6, 6.07) is 4.95. The number of aromatic nitrogens is 2. The average molecular weight is 517 g/mol. The van der Waals surface area contributed by atoms with Crippen LogP contribution in [0.1, 0.15) is 40.0 Å². The fourth-order valence-electron chi connectivity index (χ4n) is 3.88. The Kier molecular flexibility index (Phi) is 6.49. The lowest BCUT2D eigenvalue weighted by Crippen LogP contribution is -2.45. The van der Waals surface area contributed by atoms with E-state index in [1.54, 1.807) is 12.1 Å². The van der Waals surface area contributed by atoms with Gasteiger partial charge in [-0.2, -0.15) is 21.6 Å². The van der Waals surface area contributed by atoms with Gasteiger partial charge in [0.15, 0.2) is 0 Å². The minimum atomic E-state index is -5.83. The van der Waals surface area contributed by atoms with Crippen LogP contribution in [-0.2, 0) is 14.9 Å². The highest BCUT2D eigenvalue weighted by molar-refractivity contribution is 7.87. The van der Waals surface area contributed by atoms with Gasteiger partial charge < -0.3 is 18.7 Å². The molecule has 13 heteroatoms. The third-order valence-electron chi connectivity index (χ3n) is 5.73. The summed E-state index contributed by atoms with van der Waals surface area (Å²) in [6.45, 7) is 7.47. The molecule has 2 heterocycles. The Hall–Kier alpha value is -2.83. The molecule has 0 bridgehead atoms. The van der Waals surface area contributed by atoms with Gasteiger partial charge in [-0.3, -0.25) is 0 Å². The van der Waals surface area contributed by atoms with Crippen LogP contribution in [-0.4, -0.2) is 66.2 Å².